The van der Waals surface area contributed by atoms with E-state index in [1.54, 1.807) is 18.1 Å². The number of nitrogens with zero attached hydrogens (tertiary/aromatic N) is 2. The van der Waals surface area contributed by atoms with Crippen LogP contribution in [0.2, 0.25) is 0 Å². The minimum Gasteiger partial charge on any atom is -0.475 e. The van der Waals surface area contributed by atoms with Gasteiger partial charge in [0.05, 0.1) is 12.4 Å². The van der Waals surface area contributed by atoms with Gasteiger partial charge in [-0.25, -0.2) is 13.2 Å². The van der Waals surface area contributed by atoms with Crippen LogP contribution in [0, 0.1) is 6.92 Å². The SMILES string of the molecule is COCCN(CCS(=O)(=O)N1CCNCC1)C(=O)c1ccccc1C.O=C(O)C(F)(F)F. The number of carbonyl (C=O) groups is 2. The number of hydrogen-bond donors (Lipinski definition) is 2. The average Bonchev–Trinajstić information content (AvgIpc) is 2.74. The van der Waals surface area contributed by atoms with Crippen LogP contribution < -0.4 is 5.32 Å². The Bertz CT molecular complexity index is 858. The molecule has 1 aromatic rings. The van der Waals surface area contributed by atoms with E-state index in [0.717, 1.165) is 5.56 Å². The van der Waals surface area contributed by atoms with Crippen molar-refractivity contribution in [3.8, 4) is 0 Å². The van der Waals surface area contributed by atoms with Crippen LogP contribution in [0.25, 0.3) is 0 Å². The number of halogens is 3. The van der Waals surface area contributed by atoms with Crippen LogP contribution in [0.3, 0.4) is 0 Å². The molecule has 0 spiro atoms. The summed E-state index contributed by atoms with van der Waals surface area (Å²) in [6.45, 7) is 5.04. The van der Waals surface area contributed by atoms with Crippen LogP contribution in [0.5, 0.6) is 0 Å². The number of aryl methyl sites for hydroxylation is 1. The number of carboxylic acid groups (broad SMARTS) is 1. The Morgan fingerprint density at radius 3 is 2.25 bits per heavy atom. The fourth-order valence-corrected chi connectivity index (χ4v) is 4.22. The number of alkyl halides is 3. The van der Waals surface area contributed by atoms with E-state index in [1.165, 1.54) is 4.31 Å². The summed E-state index contributed by atoms with van der Waals surface area (Å²) in [5, 5.41) is 10.3. The predicted octanol–water partition coefficient (Wildman–Crippen LogP) is 0.952. The molecular weight excluding hydrogens is 455 g/mol. The number of methoxy groups -OCH3 is 1. The fourth-order valence-electron chi connectivity index (χ4n) is 2.78. The predicted molar refractivity (Wildman–Crippen MR) is 111 cm³/mol. The lowest BCUT2D eigenvalue weighted by molar-refractivity contribution is -0.192. The Kier molecular flexibility index (Phi) is 11.1. The highest BCUT2D eigenvalue weighted by Gasteiger charge is 2.38. The highest BCUT2D eigenvalue weighted by molar-refractivity contribution is 7.89. The third kappa shape index (κ3) is 9.10. The first-order valence-corrected chi connectivity index (χ1v) is 11.3. The van der Waals surface area contributed by atoms with Crippen molar-refractivity contribution in [3.63, 3.8) is 0 Å². The molecule has 2 rings (SSSR count). The van der Waals surface area contributed by atoms with Gasteiger partial charge in [-0.1, -0.05) is 18.2 Å². The van der Waals surface area contributed by atoms with Crippen molar-refractivity contribution in [1.82, 2.24) is 14.5 Å². The molecule has 1 heterocycles. The summed E-state index contributed by atoms with van der Waals surface area (Å²) in [6, 6.07) is 7.33. The van der Waals surface area contributed by atoms with Crippen molar-refractivity contribution in [1.29, 1.82) is 0 Å². The number of carboxylic acids is 1. The van der Waals surface area contributed by atoms with Gasteiger partial charge in [0.2, 0.25) is 10.0 Å². The number of rotatable bonds is 8. The lowest BCUT2D eigenvalue weighted by Gasteiger charge is -2.28. The van der Waals surface area contributed by atoms with Crippen LogP contribution in [-0.4, -0.2) is 99.5 Å². The van der Waals surface area contributed by atoms with Crippen LogP contribution in [0.1, 0.15) is 15.9 Å². The number of amides is 1. The Morgan fingerprint density at radius 1 is 1.19 bits per heavy atom. The van der Waals surface area contributed by atoms with Crippen molar-refractivity contribution in [2.75, 3.05) is 58.7 Å². The van der Waals surface area contributed by atoms with Crippen molar-refractivity contribution in [2.24, 2.45) is 0 Å². The van der Waals surface area contributed by atoms with Gasteiger partial charge in [0.1, 0.15) is 0 Å². The molecule has 0 atom stereocenters. The van der Waals surface area contributed by atoms with Gasteiger partial charge >= 0.3 is 12.1 Å². The topological polar surface area (TPSA) is 116 Å². The molecule has 13 heteroatoms. The molecule has 0 unspecified atom stereocenters. The minimum atomic E-state index is -5.08. The summed E-state index contributed by atoms with van der Waals surface area (Å²) in [5.74, 6) is -2.99. The first-order valence-electron chi connectivity index (χ1n) is 9.72. The standard InChI is InChI=1S/C17H27N3O4S.C2HF3O2/c1-15-5-3-4-6-16(15)17(21)19(11-13-24-2)12-14-25(22,23)20-9-7-18-8-10-20;3-2(4,5)1(6)7/h3-6,18H,7-14H2,1-2H3;(H,6,7). The Labute approximate surface area is 185 Å². The molecule has 182 valence electrons. The van der Waals surface area contributed by atoms with Crippen LogP contribution in [0.4, 0.5) is 13.2 Å². The number of hydrogen-bond acceptors (Lipinski definition) is 6. The minimum absolute atomic E-state index is 0.0751. The lowest BCUT2D eigenvalue weighted by atomic mass is 10.1. The zero-order valence-electron chi connectivity index (χ0n) is 17.9. The average molecular weight is 484 g/mol. The first-order chi connectivity index (χ1) is 14.9. The molecule has 1 fully saturated rings. The number of aliphatic carboxylic acids is 1. The van der Waals surface area contributed by atoms with E-state index >= 15 is 0 Å². The molecule has 0 aromatic heterocycles. The first kappa shape index (κ1) is 27.8. The van der Waals surface area contributed by atoms with Gasteiger partial charge in [0.25, 0.3) is 5.91 Å². The number of benzene rings is 1. The smallest absolute Gasteiger partial charge is 0.475 e. The van der Waals surface area contributed by atoms with Gasteiger partial charge in [-0.05, 0) is 18.6 Å². The van der Waals surface area contributed by atoms with Gasteiger partial charge in [-0.2, -0.15) is 17.5 Å². The largest absolute Gasteiger partial charge is 0.490 e. The molecule has 0 saturated carbocycles. The fraction of sp³-hybridized carbons (Fsp3) is 0.579. The maximum absolute atomic E-state index is 12.8. The van der Waals surface area contributed by atoms with E-state index in [4.69, 9.17) is 14.6 Å². The monoisotopic (exact) mass is 483 g/mol. The van der Waals surface area contributed by atoms with Crippen molar-refractivity contribution in [2.45, 2.75) is 13.1 Å². The molecule has 1 aliphatic rings. The highest BCUT2D eigenvalue weighted by atomic mass is 32.2. The molecule has 2 N–H and O–H groups in total. The number of nitrogens with one attached hydrogen (secondary N) is 1. The number of piperazine rings is 1. The van der Waals surface area contributed by atoms with E-state index < -0.39 is 22.2 Å². The zero-order valence-corrected chi connectivity index (χ0v) is 18.7. The molecule has 1 aromatic carbocycles. The molecule has 9 nitrogen and oxygen atoms in total. The summed E-state index contributed by atoms with van der Waals surface area (Å²) in [6.07, 6.45) is -5.08. The third-order valence-electron chi connectivity index (χ3n) is 4.56. The van der Waals surface area contributed by atoms with Gasteiger partial charge in [-0.3, -0.25) is 4.79 Å². The molecule has 1 saturated heterocycles. The summed E-state index contributed by atoms with van der Waals surface area (Å²) in [7, 11) is -1.81. The van der Waals surface area contributed by atoms with Gasteiger partial charge < -0.3 is 20.1 Å². The summed E-state index contributed by atoms with van der Waals surface area (Å²) < 4.78 is 63.3. The number of carbonyl (C=O) groups excluding carboxylic acids is 1. The quantitative estimate of drug-likeness (QED) is 0.566. The van der Waals surface area contributed by atoms with Crippen molar-refractivity contribution < 1.29 is 41.0 Å². The van der Waals surface area contributed by atoms with Crippen molar-refractivity contribution in [3.05, 3.63) is 35.4 Å². The Balaban J connectivity index is 0.000000633. The van der Waals surface area contributed by atoms with E-state index in [0.29, 0.717) is 44.9 Å². The Hall–Kier alpha value is -2.22. The van der Waals surface area contributed by atoms with Crippen molar-refractivity contribution >= 4 is 21.9 Å². The molecule has 32 heavy (non-hydrogen) atoms. The lowest BCUT2D eigenvalue weighted by Crippen LogP contribution is -2.48. The second-order valence-electron chi connectivity index (χ2n) is 6.87. The number of ether oxygens (including phenoxy) is 1. The second kappa shape index (κ2) is 12.7. The molecule has 0 radical (unpaired) electrons. The molecule has 1 amide bonds. The van der Waals surface area contributed by atoms with E-state index in [-0.39, 0.29) is 18.2 Å². The molecule has 1 aliphatic heterocycles. The van der Waals surface area contributed by atoms with Gasteiger partial charge in [0, 0.05) is 51.9 Å². The van der Waals surface area contributed by atoms with Gasteiger partial charge in [0.15, 0.2) is 0 Å². The molecule has 0 aliphatic carbocycles. The van der Waals surface area contributed by atoms with Crippen LogP contribution in [-0.2, 0) is 19.6 Å². The maximum Gasteiger partial charge on any atom is 0.490 e. The number of sulfonamides is 1. The normalized spacial score (nSPS) is 14.9. The molecule has 0 bridgehead atoms. The second-order valence-corrected chi connectivity index (χ2v) is 8.96. The maximum atomic E-state index is 12.8. The third-order valence-corrected chi connectivity index (χ3v) is 6.41. The van der Waals surface area contributed by atoms with Gasteiger partial charge in [-0.15, -0.1) is 0 Å². The van der Waals surface area contributed by atoms with Crippen LogP contribution >= 0.6 is 0 Å². The molecular formula is C19H28F3N3O6S. The zero-order chi connectivity index (χ0) is 24.4. The van der Waals surface area contributed by atoms with E-state index in [1.807, 2.05) is 25.1 Å². The van der Waals surface area contributed by atoms with Crippen LogP contribution in [0.15, 0.2) is 24.3 Å². The Morgan fingerprint density at radius 2 is 1.75 bits per heavy atom. The van der Waals surface area contributed by atoms with E-state index in [9.17, 15) is 26.4 Å². The van der Waals surface area contributed by atoms with E-state index in [2.05, 4.69) is 5.32 Å². The summed E-state index contributed by atoms with van der Waals surface area (Å²) >= 11 is 0. The highest BCUT2D eigenvalue weighted by Crippen LogP contribution is 2.13. The summed E-state index contributed by atoms with van der Waals surface area (Å²) in [5.41, 5.74) is 1.47. The summed E-state index contributed by atoms with van der Waals surface area (Å²) in [4.78, 5) is 23.3.